The summed E-state index contributed by atoms with van der Waals surface area (Å²) in [7, 11) is 11.0. The van der Waals surface area contributed by atoms with Gasteiger partial charge in [0.1, 0.15) is 15.7 Å². The Balaban J connectivity index is 2.53. The minimum atomic E-state index is -1.04. The van der Waals surface area contributed by atoms with Gasteiger partial charge in [0.15, 0.2) is 0 Å². The van der Waals surface area contributed by atoms with Gasteiger partial charge in [0.05, 0.1) is 11.3 Å². The standard InChI is InChI=1S/C11H6B2N2O3/c12-8-5-14-15(10(16)9(8)13)7-3-1-6(2-4-7)11(17)18/h1-5H,(H,17,18). The van der Waals surface area contributed by atoms with E-state index in [1.54, 1.807) is 0 Å². The van der Waals surface area contributed by atoms with Crippen LogP contribution < -0.4 is 16.5 Å². The third kappa shape index (κ3) is 2.07. The monoisotopic (exact) mass is 236 g/mol. The predicted octanol–water partition coefficient (Wildman–Crippen LogP) is -1.48. The molecule has 84 valence electrons. The van der Waals surface area contributed by atoms with Crippen molar-refractivity contribution < 1.29 is 9.90 Å². The van der Waals surface area contributed by atoms with Crippen molar-refractivity contribution >= 4 is 32.6 Å². The lowest BCUT2D eigenvalue weighted by Gasteiger charge is -2.07. The molecule has 5 nitrogen and oxygen atoms in total. The molecule has 1 aromatic carbocycles. The van der Waals surface area contributed by atoms with Crippen LogP contribution in [0.4, 0.5) is 0 Å². The first-order valence-electron chi connectivity index (χ1n) is 4.97. The van der Waals surface area contributed by atoms with Gasteiger partial charge in [-0.05, 0) is 29.7 Å². The minimum absolute atomic E-state index is 0.0905. The Hall–Kier alpha value is -2.30. The smallest absolute Gasteiger partial charge is 0.335 e. The normalized spacial score (nSPS) is 10.2. The van der Waals surface area contributed by atoms with E-state index in [1.165, 1.54) is 30.5 Å². The van der Waals surface area contributed by atoms with Crippen LogP contribution in [0.25, 0.3) is 5.69 Å². The molecule has 0 spiro atoms. The maximum absolute atomic E-state index is 11.8. The molecule has 18 heavy (non-hydrogen) atoms. The van der Waals surface area contributed by atoms with Crippen LogP contribution in [0.3, 0.4) is 0 Å². The predicted molar refractivity (Wildman–Crippen MR) is 67.6 cm³/mol. The summed E-state index contributed by atoms with van der Waals surface area (Å²) in [6.45, 7) is 0. The highest BCUT2D eigenvalue weighted by atomic mass is 16.4. The van der Waals surface area contributed by atoms with Crippen molar-refractivity contribution in [1.29, 1.82) is 0 Å². The molecule has 7 heteroatoms. The SMILES string of the molecule is [B]c1cnn(-c2ccc(C(=O)O)cc2)c(=O)c1[B]. The van der Waals surface area contributed by atoms with Crippen molar-refractivity contribution in [1.82, 2.24) is 9.78 Å². The molecule has 1 N–H and O–H groups in total. The fourth-order valence-electron chi connectivity index (χ4n) is 1.41. The zero-order valence-corrected chi connectivity index (χ0v) is 9.20. The van der Waals surface area contributed by atoms with E-state index in [9.17, 15) is 9.59 Å². The zero-order chi connectivity index (χ0) is 13.3. The molecule has 0 unspecified atom stereocenters. The minimum Gasteiger partial charge on any atom is -0.478 e. The van der Waals surface area contributed by atoms with Gasteiger partial charge in [-0.2, -0.15) is 9.78 Å². The highest BCUT2D eigenvalue weighted by Gasteiger charge is 2.07. The first kappa shape index (κ1) is 12.2. The largest absolute Gasteiger partial charge is 0.478 e. The lowest BCUT2D eigenvalue weighted by Crippen LogP contribution is -2.44. The first-order chi connectivity index (χ1) is 8.50. The second-order valence-electron chi connectivity index (χ2n) is 3.58. The van der Waals surface area contributed by atoms with Crippen LogP contribution >= 0.6 is 0 Å². The Labute approximate surface area is 105 Å². The zero-order valence-electron chi connectivity index (χ0n) is 9.20. The topological polar surface area (TPSA) is 72.2 Å². The summed E-state index contributed by atoms with van der Waals surface area (Å²) < 4.78 is 1.05. The van der Waals surface area contributed by atoms with Crippen LogP contribution in [-0.4, -0.2) is 36.5 Å². The molecule has 0 aliphatic rings. The van der Waals surface area contributed by atoms with Gasteiger partial charge in [-0.15, -0.1) is 0 Å². The fourth-order valence-corrected chi connectivity index (χ4v) is 1.41. The van der Waals surface area contributed by atoms with E-state index in [1.807, 2.05) is 0 Å². The van der Waals surface area contributed by atoms with Crippen LogP contribution in [0.5, 0.6) is 0 Å². The third-order valence-corrected chi connectivity index (χ3v) is 2.40. The molecule has 0 amide bonds. The van der Waals surface area contributed by atoms with Crippen molar-refractivity contribution in [3.63, 3.8) is 0 Å². The molecule has 2 aromatic rings. The van der Waals surface area contributed by atoms with Crippen molar-refractivity contribution in [2.45, 2.75) is 0 Å². The molecule has 0 saturated carbocycles. The summed E-state index contributed by atoms with van der Waals surface area (Å²) >= 11 is 0. The highest BCUT2D eigenvalue weighted by molar-refractivity contribution is 6.48. The van der Waals surface area contributed by atoms with Crippen molar-refractivity contribution in [2.24, 2.45) is 0 Å². The number of hydrogen-bond donors (Lipinski definition) is 1. The molecule has 0 aliphatic carbocycles. The molecule has 0 atom stereocenters. The summed E-state index contributed by atoms with van der Waals surface area (Å²) in [5, 5.41) is 12.6. The van der Waals surface area contributed by atoms with E-state index in [0.29, 0.717) is 5.69 Å². The summed E-state index contributed by atoms with van der Waals surface area (Å²) in [5.74, 6) is -1.04. The van der Waals surface area contributed by atoms with Crippen molar-refractivity contribution in [2.75, 3.05) is 0 Å². The molecule has 1 heterocycles. The van der Waals surface area contributed by atoms with Gasteiger partial charge in [0.25, 0.3) is 5.56 Å². The van der Waals surface area contributed by atoms with Gasteiger partial charge >= 0.3 is 5.97 Å². The van der Waals surface area contributed by atoms with E-state index in [-0.39, 0.29) is 16.5 Å². The maximum atomic E-state index is 11.8. The molecule has 1 aromatic heterocycles. The molecule has 0 bridgehead atoms. The Bertz CT molecular complexity index is 665. The summed E-state index contributed by atoms with van der Waals surface area (Å²) in [5.41, 5.74) is 0.00991. The van der Waals surface area contributed by atoms with Gasteiger partial charge in [-0.1, -0.05) is 5.46 Å². The van der Waals surface area contributed by atoms with Crippen LogP contribution in [0.15, 0.2) is 35.3 Å². The number of carboxylic acids is 1. The van der Waals surface area contributed by atoms with E-state index >= 15 is 0 Å². The lowest BCUT2D eigenvalue weighted by atomic mass is 9.83. The average Bonchev–Trinajstić information content (AvgIpc) is 2.36. The van der Waals surface area contributed by atoms with Gasteiger partial charge in [0, 0.05) is 6.20 Å². The second kappa shape index (κ2) is 4.52. The molecule has 4 radical (unpaired) electrons. The Morgan fingerprint density at radius 3 is 2.39 bits per heavy atom. The van der Waals surface area contributed by atoms with Crippen molar-refractivity contribution in [3.05, 3.63) is 46.4 Å². The molecule has 0 fully saturated rings. The van der Waals surface area contributed by atoms with Crippen molar-refractivity contribution in [3.8, 4) is 5.69 Å². The number of rotatable bonds is 2. The fraction of sp³-hybridized carbons (Fsp3) is 0. The summed E-state index contributed by atoms with van der Waals surface area (Å²) in [6, 6.07) is 5.68. The summed E-state index contributed by atoms with van der Waals surface area (Å²) in [6.07, 6.45) is 1.27. The van der Waals surface area contributed by atoms with Crippen LogP contribution in [-0.2, 0) is 0 Å². The molecule has 2 rings (SSSR count). The molecule has 0 saturated heterocycles. The molecule has 0 aliphatic heterocycles. The van der Waals surface area contributed by atoms with Gasteiger partial charge in [0.2, 0.25) is 0 Å². The third-order valence-electron chi connectivity index (χ3n) is 2.40. The van der Waals surface area contributed by atoms with Gasteiger partial charge < -0.3 is 5.11 Å². The lowest BCUT2D eigenvalue weighted by molar-refractivity contribution is 0.0697. The first-order valence-corrected chi connectivity index (χ1v) is 4.97. The number of carbonyl (C=O) groups is 1. The summed E-state index contributed by atoms with van der Waals surface area (Å²) in [4.78, 5) is 22.5. The van der Waals surface area contributed by atoms with E-state index in [0.717, 1.165) is 4.68 Å². The average molecular weight is 236 g/mol. The number of aromatic carboxylic acids is 1. The maximum Gasteiger partial charge on any atom is 0.335 e. The second-order valence-corrected chi connectivity index (χ2v) is 3.58. The van der Waals surface area contributed by atoms with Crippen LogP contribution in [0.1, 0.15) is 10.4 Å². The highest BCUT2D eigenvalue weighted by Crippen LogP contribution is 2.06. The number of nitrogens with zero attached hydrogens (tertiary/aromatic N) is 2. The number of carboxylic acid groups (broad SMARTS) is 1. The number of benzene rings is 1. The van der Waals surface area contributed by atoms with Gasteiger partial charge in [-0.3, -0.25) is 4.79 Å². The Morgan fingerprint density at radius 1 is 1.22 bits per heavy atom. The molecular weight excluding hydrogens is 230 g/mol. The van der Waals surface area contributed by atoms with Crippen LogP contribution in [0.2, 0.25) is 0 Å². The Kier molecular flexibility index (Phi) is 3.06. The molecular formula is C11H6B2N2O3. The quantitative estimate of drug-likeness (QED) is 0.645. The van der Waals surface area contributed by atoms with Gasteiger partial charge in [-0.25, -0.2) is 4.79 Å². The van der Waals surface area contributed by atoms with E-state index in [4.69, 9.17) is 20.8 Å². The number of hydrogen-bond acceptors (Lipinski definition) is 3. The number of aromatic nitrogens is 2. The van der Waals surface area contributed by atoms with Crippen LogP contribution in [0, 0.1) is 0 Å². The Morgan fingerprint density at radius 2 is 1.83 bits per heavy atom. The van der Waals surface area contributed by atoms with E-state index in [2.05, 4.69) is 5.10 Å². The van der Waals surface area contributed by atoms with E-state index < -0.39 is 11.5 Å².